The van der Waals surface area contributed by atoms with Crippen LogP contribution in [0.1, 0.15) is 17.5 Å². The molecular weight excluding hydrogens is 352 g/mol. The minimum atomic E-state index is -0.273. The summed E-state index contributed by atoms with van der Waals surface area (Å²) in [5.41, 5.74) is 2.88. The summed E-state index contributed by atoms with van der Waals surface area (Å²) in [5.74, 6) is 0.816. The van der Waals surface area contributed by atoms with Gasteiger partial charge < -0.3 is 14.4 Å². The largest absolute Gasteiger partial charge is 0.495 e. The molecule has 1 saturated heterocycles. The molecule has 1 unspecified atom stereocenters. The molecule has 1 fully saturated rings. The van der Waals surface area contributed by atoms with Gasteiger partial charge in [0.1, 0.15) is 11.4 Å². The second-order valence-corrected chi connectivity index (χ2v) is 6.49. The van der Waals surface area contributed by atoms with Crippen LogP contribution in [-0.2, 0) is 11.3 Å². The van der Waals surface area contributed by atoms with Crippen LogP contribution in [0, 0.1) is 0 Å². The highest BCUT2D eigenvalue weighted by Crippen LogP contribution is 2.36. The van der Waals surface area contributed by atoms with Crippen molar-refractivity contribution in [2.75, 3.05) is 25.2 Å². The molecule has 1 aromatic heterocycles. The molecule has 134 valence electrons. The number of para-hydroxylation sites is 2. The third-order valence-corrected chi connectivity index (χ3v) is 4.60. The fourth-order valence-corrected chi connectivity index (χ4v) is 3.24. The molecular formula is C19H19ClN4O2. The predicted octanol–water partition coefficient (Wildman–Crippen LogP) is 3.52. The number of nitrogens with zero attached hydrogens (tertiary/aromatic N) is 4. The lowest BCUT2D eigenvalue weighted by Gasteiger charge is -2.25. The quantitative estimate of drug-likeness (QED) is 0.687. The maximum absolute atomic E-state index is 5.94. The SMILES string of the molecule is COc1ccccc1N1CCOC1c1cn(Cc2ccc(Cl)cc2)nn1. The van der Waals surface area contributed by atoms with E-state index in [0.29, 0.717) is 13.2 Å². The van der Waals surface area contributed by atoms with Gasteiger partial charge in [-0.15, -0.1) is 5.10 Å². The molecule has 2 heterocycles. The molecule has 1 aliphatic rings. The molecule has 4 rings (SSSR count). The van der Waals surface area contributed by atoms with Crippen molar-refractivity contribution in [2.24, 2.45) is 0 Å². The second kappa shape index (κ2) is 7.35. The van der Waals surface area contributed by atoms with Gasteiger partial charge >= 0.3 is 0 Å². The predicted molar refractivity (Wildman–Crippen MR) is 99.6 cm³/mol. The number of methoxy groups -OCH3 is 1. The van der Waals surface area contributed by atoms with Gasteiger partial charge in [0.05, 0.1) is 32.1 Å². The number of halogens is 1. The van der Waals surface area contributed by atoms with Crippen molar-refractivity contribution < 1.29 is 9.47 Å². The highest BCUT2D eigenvalue weighted by molar-refractivity contribution is 6.30. The van der Waals surface area contributed by atoms with Crippen molar-refractivity contribution in [3.63, 3.8) is 0 Å². The van der Waals surface area contributed by atoms with E-state index in [1.807, 2.05) is 54.7 Å². The van der Waals surface area contributed by atoms with Crippen LogP contribution < -0.4 is 9.64 Å². The van der Waals surface area contributed by atoms with Crippen LogP contribution in [0.2, 0.25) is 5.02 Å². The lowest BCUT2D eigenvalue weighted by molar-refractivity contribution is 0.110. The average Bonchev–Trinajstić information content (AvgIpc) is 3.32. The number of ether oxygens (including phenoxy) is 2. The van der Waals surface area contributed by atoms with Gasteiger partial charge in [-0.05, 0) is 29.8 Å². The molecule has 26 heavy (non-hydrogen) atoms. The molecule has 3 aromatic rings. The van der Waals surface area contributed by atoms with Gasteiger partial charge in [-0.25, -0.2) is 4.68 Å². The summed E-state index contributed by atoms with van der Waals surface area (Å²) in [7, 11) is 1.67. The Morgan fingerprint density at radius 2 is 2.00 bits per heavy atom. The number of rotatable bonds is 5. The monoisotopic (exact) mass is 370 g/mol. The van der Waals surface area contributed by atoms with E-state index in [0.717, 1.165) is 34.3 Å². The van der Waals surface area contributed by atoms with Gasteiger partial charge in [-0.2, -0.15) is 0 Å². The third kappa shape index (κ3) is 3.38. The summed E-state index contributed by atoms with van der Waals surface area (Å²) >= 11 is 5.94. The van der Waals surface area contributed by atoms with Gasteiger partial charge in [-0.1, -0.05) is 41.1 Å². The smallest absolute Gasteiger partial charge is 0.177 e. The molecule has 0 aliphatic carbocycles. The summed E-state index contributed by atoms with van der Waals surface area (Å²) < 4.78 is 13.2. The van der Waals surface area contributed by atoms with Crippen LogP contribution in [0.3, 0.4) is 0 Å². The van der Waals surface area contributed by atoms with Crippen molar-refractivity contribution in [3.8, 4) is 5.75 Å². The summed E-state index contributed by atoms with van der Waals surface area (Å²) in [5, 5.41) is 9.29. The molecule has 2 aromatic carbocycles. The number of aromatic nitrogens is 3. The van der Waals surface area contributed by atoms with Crippen LogP contribution in [-0.4, -0.2) is 35.3 Å². The Kier molecular flexibility index (Phi) is 4.77. The van der Waals surface area contributed by atoms with Crippen molar-refractivity contribution in [1.29, 1.82) is 0 Å². The third-order valence-electron chi connectivity index (χ3n) is 4.35. The zero-order valence-electron chi connectivity index (χ0n) is 14.4. The molecule has 1 aliphatic heterocycles. The van der Waals surface area contributed by atoms with Crippen LogP contribution >= 0.6 is 11.6 Å². The molecule has 7 heteroatoms. The second-order valence-electron chi connectivity index (χ2n) is 6.06. The standard InChI is InChI=1S/C19H19ClN4O2/c1-25-18-5-3-2-4-17(18)24-10-11-26-19(24)16-13-23(22-21-16)12-14-6-8-15(20)9-7-14/h2-9,13,19H,10-12H2,1H3. The molecule has 0 radical (unpaired) electrons. The molecule has 0 amide bonds. The zero-order chi connectivity index (χ0) is 17.9. The maximum atomic E-state index is 5.94. The minimum Gasteiger partial charge on any atom is -0.495 e. The summed E-state index contributed by atoms with van der Waals surface area (Å²) in [4.78, 5) is 2.15. The lowest BCUT2D eigenvalue weighted by Crippen LogP contribution is -2.24. The average molecular weight is 371 g/mol. The van der Waals surface area contributed by atoms with E-state index in [4.69, 9.17) is 21.1 Å². The molecule has 1 atom stereocenters. The van der Waals surface area contributed by atoms with Crippen LogP contribution in [0.5, 0.6) is 5.75 Å². The first-order valence-corrected chi connectivity index (χ1v) is 8.78. The zero-order valence-corrected chi connectivity index (χ0v) is 15.1. The Morgan fingerprint density at radius 1 is 1.19 bits per heavy atom. The molecule has 0 saturated carbocycles. The van der Waals surface area contributed by atoms with Gasteiger partial charge in [0.15, 0.2) is 6.23 Å². The summed E-state index contributed by atoms with van der Waals surface area (Å²) in [6, 6.07) is 15.6. The Bertz CT molecular complexity index is 881. The Labute approximate surface area is 156 Å². The number of benzene rings is 2. The topological polar surface area (TPSA) is 52.4 Å². The van der Waals surface area contributed by atoms with Crippen molar-refractivity contribution in [2.45, 2.75) is 12.8 Å². The first-order valence-electron chi connectivity index (χ1n) is 8.40. The van der Waals surface area contributed by atoms with E-state index in [2.05, 4.69) is 15.2 Å². The van der Waals surface area contributed by atoms with Crippen molar-refractivity contribution in [1.82, 2.24) is 15.0 Å². The van der Waals surface area contributed by atoms with Crippen LogP contribution in [0.15, 0.2) is 54.7 Å². The normalized spacial score (nSPS) is 16.8. The fraction of sp³-hybridized carbons (Fsp3) is 0.263. The van der Waals surface area contributed by atoms with E-state index >= 15 is 0 Å². The molecule has 0 bridgehead atoms. The van der Waals surface area contributed by atoms with Gasteiger partial charge in [0.2, 0.25) is 0 Å². The summed E-state index contributed by atoms with van der Waals surface area (Å²) in [6.45, 7) is 2.04. The Hall–Kier alpha value is -2.57. The van der Waals surface area contributed by atoms with Gasteiger partial charge in [0.25, 0.3) is 0 Å². The van der Waals surface area contributed by atoms with Crippen molar-refractivity contribution in [3.05, 3.63) is 71.0 Å². The Morgan fingerprint density at radius 3 is 2.81 bits per heavy atom. The highest BCUT2D eigenvalue weighted by atomic mass is 35.5. The molecule has 0 spiro atoms. The maximum Gasteiger partial charge on any atom is 0.177 e. The number of hydrogen-bond acceptors (Lipinski definition) is 5. The molecule has 6 nitrogen and oxygen atoms in total. The first kappa shape index (κ1) is 16.9. The highest BCUT2D eigenvalue weighted by Gasteiger charge is 2.31. The minimum absolute atomic E-state index is 0.273. The first-order chi connectivity index (χ1) is 12.7. The summed E-state index contributed by atoms with van der Waals surface area (Å²) in [6.07, 6.45) is 1.65. The van der Waals surface area contributed by atoms with Gasteiger partial charge in [0, 0.05) is 11.6 Å². The fourth-order valence-electron chi connectivity index (χ4n) is 3.11. The Balaban J connectivity index is 1.55. The van der Waals surface area contributed by atoms with Crippen LogP contribution in [0.25, 0.3) is 0 Å². The van der Waals surface area contributed by atoms with E-state index < -0.39 is 0 Å². The van der Waals surface area contributed by atoms with E-state index in [-0.39, 0.29) is 6.23 Å². The molecule has 0 N–H and O–H groups in total. The van der Waals surface area contributed by atoms with E-state index in [1.54, 1.807) is 11.8 Å². The lowest BCUT2D eigenvalue weighted by atomic mass is 10.2. The van der Waals surface area contributed by atoms with E-state index in [9.17, 15) is 0 Å². The number of hydrogen-bond donors (Lipinski definition) is 0. The van der Waals surface area contributed by atoms with Gasteiger partial charge in [-0.3, -0.25) is 0 Å². The van der Waals surface area contributed by atoms with Crippen molar-refractivity contribution >= 4 is 17.3 Å². The number of anilines is 1. The van der Waals surface area contributed by atoms with Crippen LogP contribution in [0.4, 0.5) is 5.69 Å². The van der Waals surface area contributed by atoms with E-state index in [1.165, 1.54) is 0 Å².